The summed E-state index contributed by atoms with van der Waals surface area (Å²) in [6.07, 6.45) is 1.31. The zero-order chi connectivity index (χ0) is 15.5. The second kappa shape index (κ2) is 6.91. The van der Waals surface area contributed by atoms with Gasteiger partial charge >= 0.3 is 0 Å². The van der Waals surface area contributed by atoms with E-state index in [2.05, 4.69) is 20.7 Å². The third-order valence-electron chi connectivity index (χ3n) is 3.05. The molecule has 2 aromatic rings. The molecule has 3 N–H and O–H groups in total. The Morgan fingerprint density at radius 3 is 2.67 bits per heavy atom. The average molecular weight is 389 g/mol. The van der Waals surface area contributed by atoms with Gasteiger partial charge in [0.2, 0.25) is 10.0 Å². The highest BCUT2D eigenvalue weighted by molar-refractivity contribution is 9.11. The van der Waals surface area contributed by atoms with Crippen LogP contribution in [0.15, 0.2) is 39.0 Å². The Morgan fingerprint density at radius 1 is 1.29 bits per heavy atom. The molecule has 1 heterocycles. The summed E-state index contributed by atoms with van der Waals surface area (Å²) < 4.78 is 28.5. The Morgan fingerprint density at radius 2 is 2.05 bits per heavy atom. The first-order chi connectivity index (χ1) is 9.92. The maximum absolute atomic E-state index is 12.4. The monoisotopic (exact) mass is 388 g/mol. The Kier molecular flexibility index (Phi) is 5.43. The van der Waals surface area contributed by atoms with Crippen LogP contribution in [0.5, 0.6) is 0 Å². The van der Waals surface area contributed by atoms with E-state index in [4.69, 9.17) is 5.73 Å². The second-order valence-electron chi connectivity index (χ2n) is 4.57. The van der Waals surface area contributed by atoms with Gasteiger partial charge in [-0.15, -0.1) is 11.3 Å². The number of anilines is 1. The molecule has 1 aromatic carbocycles. The highest BCUT2D eigenvalue weighted by atomic mass is 79.9. The number of nitrogens with two attached hydrogens (primary N) is 1. The molecule has 0 aliphatic heterocycles. The normalized spacial score (nSPS) is 11.7. The van der Waals surface area contributed by atoms with E-state index in [1.54, 1.807) is 23.5 Å². The number of nitrogens with one attached hydrogen (secondary N) is 1. The summed E-state index contributed by atoms with van der Waals surface area (Å²) in [6.45, 7) is 2.29. The summed E-state index contributed by atoms with van der Waals surface area (Å²) in [5.74, 6) is 0. The van der Waals surface area contributed by atoms with E-state index >= 15 is 0 Å². The smallest absolute Gasteiger partial charge is 0.240 e. The molecule has 0 radical (unpaired) electrons. The summed E-state index contributed by atoms with van der Waals surface area (Å²) in [4.78, 5) is 1.41. The van der Waals surface area contributed by atoms with Crippen LogP contribution in [0.25, 0.3) is 0 Å². The van der Waals surface area contributed by atoms with E-state index < -0.39 is 10.0 Å². The van der Waals surface area contributed by atoms with Crippen molar-refractivity contribution < 1.29 is 8.42 Å². The highest BCUT2D eigenvalue weighted by Gasteiger charge is 2.17. The lowest BCUT2D eigenvalue weighted by atomic mass is 10.1. The van der Waals surface area contributed by atoms with Gasteiger partial charge in [0.15, 0.2) is 0 Å². The molecule has 0 unspecified atom stereocenters. The van der Waals surface area contributed by atoms with Gasteiger partial charge in [-0.3, -0.25) is 0 Å². The van der Waals surface area contributed by atoms with Crippen LogP contribution < -0.4 is 10.5 Å². The van der Waals surface area contributed by atoms with Crippen molar-refractivity contribution in [3.63, 3.8) is 0 Å². The van der Waals surface area contributed by atoms with Gasteiger partial charge in [-0.2, -0.15) is 0 Å². The molecule has 0 aliphatic carbocycles. The third-order valence-corrected chi connectivity index (χ3v) is 6.28. The van der Waals surface area contributed by atoms with Crippen molar-refractivity contribution in [1.29, 1.82) is 0 Å². The number of benzene rings is 1. The molecule has 2 rings (SSSR count). The Balaban J connectivity index is 2.09. The van der Waals surface area contributed by atoms with Crippen LogP contribution in [0, 0.1) is 0 Å². The van der Waals surface area contributed by atoms with Gasteiger partial charge in [0.05, 0.1) is 8.68 Å². The number of rotatable bonds is 6. The van der Waals surface area contributed by atoms with E-state index in [9.17, 15) is 8.42 Å². The van der Waals surface area contributed by atoms with Crippen molar-refractivity contribution in [3.8, 4) is 0 Å². The Hall–Kier alpha value is -0.890. The molecule has 0 fully saturated rings. The fraction of sp³-hybridized carbons (Fsp3) is 0.286. The first-order valence-electron chi connectivity index (χ1n) is 6.54. The summed E-state index contributed by atoms with van der Waals surface area (Å²) in [5, 5.41) is 0. The van der Waals surface area contributed by atoms with Gasteiger partial charge in [-0.25, -0.2) is 13.1 Å². The molecule has 4 nitrogen and oxygen atoms in total. The van der Waals surface area contributed by atoms with Crippen molar-refractivity contribution >= 4 is 43.0 Å². The van der Waals surface area contributed by atoms with Crippen molar-refractivity contribution in [2.24, 2.45) is 0 Å². The first-order valence-corrected chi connectivity index (χ1v) is 9.64. The Bertz CT molecular complexity index is 726. The van der Waals surface area contributed by atoms with Gasteiger partial charge < -0.3 is 5.73 Å². The van der Waals surface area contributed by atoms with Crippen LogP contribution in [-0.4, -0.2) is 15.0 Å². The number of aryl methyl sites for hydroxylation is 1. The number of thiophene rings is 1. The molecule has 0 saturated heterocycles. The molecule has 114 valence electrons. The summed E-state index contributed by atoms with van der Waals surface area (Å²) in [6, 6.07) is 8.95. The zero-order valence-electron chi connectivity index (χ0n) is 11.6. The standard InChI is InChI=1S/C14H17BrN2O2S2/c1-2-10-3-4-11(16)9-13(10)21(18,19)17-8-7-12-5-6-14(15)20-12/h3-6,9,17H,2,7-8,16H2,1H3. The maximum Gasteiger partial charge on any atom is 0.240 e. The van der Waals surface area contributed by atoms with Gasteiger partial charge in [0.1, 0.15) is 0 Å². The maximum atomic E-state index is 12.4. The minimum Gasteiger partial charge on any atom is -0.399 e. The predicted octanol–water partition coefficient (Wildman–Crippen LogP) is 3.18. The van der Waals surface area contributed by atoms with Crippen molar-refractivity contribution in [2.45, 2.75) is 24.7 Å². The molecule has 0 aliphatic rings. The van der Waals surface area contributed by atoms with Crippen LogP contribution in [0.3, 0.4) is 0 Å². The molecule has 7 heteroatoms. The topological polar surface area (TPSA) is 72.2 Å². The summed E-state index contributed by atoms with van der Waals surface area (Å²) in [5.41, 5.74) is 6.93. The molecule has 0 bridgehead atoms. The molecule has 0 spiro atoms. The van der Waals surface area contributed by atoms with E-state index in [0.29, 0.717) is 25.1 Å². The molecular formula is C14H17BrN2O2S2. The average Bonchev–Trinajstić information content (AvgIpc) is 2.84. The molecular weight excluding hydrogens is 372 g/mol. The van der Waals surface area contributed by atoms with E-state index in [1.165, 1.54) is 6.07 Å². The van der Waals surface area contributed by atoms with Crippen molar-refractivity contribution in [3.05, 3.63) is 44.6 Å². The highest BCUT2D eigenvalue weighted by Crippen LogP contribution is 2.23. The number of halogens is 1. The number of nitrogen functional groups attached to an aromatic ring is 1. The minimum absolute atomic E-state index is 0.275. The summed E-state index contributed by atoms with van der Waals surface area (Å²) in [7, 11) is -3.53. The lowest BCUT2D eigenvalue weighted by Gasteiger charge is -2.11. The van der Waals surface area contributed by atoms with Crippen LogP contribution in [0.4, 0.5) is 5.69 Å². The Labute approximate surface area is 137 Å². The SMILES string of the molecule is CCc1ccc(N)cc1S(=O)(=O)NCCc1ccc(Br)s1. The predicted molar refractivity (Wildman–Crippen MR) is 91.1 cm³/mol. The summed E-state index contributed by atoms with van der Waals surface area (Å²) >= 11 is 5.00. The van der Waals surface area contributed by atoms with Gasteiger partial charge in [-0.05, 0) is 58.6 Å². The lowest BCUT2D eigenvalue weighted by Crippen LogP contribution is -2.26. The fourth-order valence-electron chi connectivity index (χ4n) is 1.99. The molecule has 0 atom stereocenters. The van der Waals surface area contributed by atoms with E-state index in [-0.39, 0.29) is 4.90 Å². The van der Waals surface area contributed by atoms with Crippen LogP contribution in [-0.2, 0) is 22.9 Å². The minimum atomic E-state index is -3.53. The lowest BCUT2D eigenvalue weighted by molar-refractivity contribution is 0.581. The number of hydrogen-bond donors (Lipinski definition) is 2. The first kappa shape index (κ1) is 16.5. The second-order valence-corrected chi connectivity index (χ2v) is 8.86. The molecule has 1 aromatic heterocycles. The van der Waals surface area contributed by atoms with Crippen LogP contribution in [0.1, 0.15) is 17.4 Å². The van der Waals surface area contributed by atoms with Gasteiger partial charge in [-0.1, -0.05) is 13.0 Å². The zero-order valence-corrected chi connectivity index (χ0v) is 14.8. The van der Waals surface area contributed by atoms with Crippen LogP contribution >= 0.6 is 27.3 Å². The van der Waals surface area contributed by atoms with Crippen molar-refractivity contribution in [1.82, 2.24) is 4.72 Å². The number of hydrogen-bond acceptors (Lipinski definition) is 4. The van der Waals surface area contributed by atoms with Gasteiger partial charge in [0, 0.05) is 17.1 Å². The van der Waals surface area contributed by atoms with Crippen LogP contribution in [0.2, 0.25) is 0 Å². The van der Waals surface area contributed by atoms with Crippen molar-refractivity contribution in [2.75, 3.05) is 12.3 Å². The van der Waals surface area contributed by atoms with E-state index in [0.717, 1.165) is 14.2 Å². The molecule has 21 heavy (non-hydrogen) atoms. The fourth-order valence-corrected chi connectivity index (χ4v) is 4.84. The van der Waals surface area contributed by atoms with Gasteiger partial charge in [0.25, 0.3) is 0 Å². The molecule has 0 saturated carbocycles. The number of sulfonamides is 1. The van der Waals surface area contributed by atoms with E-state index in [1.807, 2.05) is 19.1 Å². The molecule has 0 amide bonds. The largest absolute Gasteiger partial charge is 0.399 e. The quantitative estimate of drug-likeness (QED) is 0.746. The third kappa shape index (κ3) is 4.29.